The summed E-state index contributed by atoms with van der Waals surface area (Å²) in [5.41, 5.74) is 0. The highest BCUT2D eigenvalue weighted by atomic mass is 14.9. The third kappa shape index (κ3) is 4.41. The lowest BCUT2D eigenvalue weighted by Gasteiger charge is -2.26. The molecule has 0 radical (unpaired) electrons. The van der Waals surface area contributed by atoms with Gasteiger partial charge in [-0.2, -0.15) is 0 Å². The van der Waals surface area contributed by atoms with Crippen molar-refractivity contribution in [3.05, 3.63) is 0 Å². The van der Waals surface area contributed by atoms with Crippen molar-refractivity contribution in [2.24, 2.45) is 11.8 Å². The van der Waals surface area contributed by atoms with E-state index in [4.69, 9.17) is 0 Å². The lowest BCUT2D eigenvalue weighted by Crippen LogP contribution is -2.38. The Labute approximate surface area is 71.6 Å². The van der Waals surface area contributed by atoms with Gasteiger partial charge in [-0.1, -0.05) is 34.6 Å². The molecule has 1 heteroatoms. The third-order valence-electron chi connectivity index (χ3n) is 2.44. The van der Waals surface area contributed by atoms with E-state index >= 15 is 0 Å². The summed E-state index contributed by atoms with van der Waals surface area (Å²) in [5.74, 6) is 1.54. The lowest BCUT2D eigenvalue weighted by atomic mass is 9.91. The molecular weight excluding hydrogens is 134 g/mol. The average molecular weight is 157 g/mol. The summed E-state index contributed by atoms with van der Waals surface area (Å²) in [5, 5.41) is 3.52. The first-order valence-electron chi connectivity index (χ1n) is 4.71. The van der Waals surface area contributed by atoms with Crippen molar-refractivity contribution in [1.82, 2.24) is 5.32 Å². The van der Waals surface area contributed by atoms with Gasteiger partial charge in [0.15, 0.2) is 0 Å². The molecule has 11 heavy (non-hydrogen) atoms. The molecule has 0 rings (SSSR count). The molecule has 2 atom stereocenters. The maximum atomic E-state index is 3.52. The topological polar surface area (TPSA) is 12.0 Å². The molecule has 0 heterocycles. The maximum Gasteiger partial charge on any atom is 0.00691 e. The highest BCUT2D eigenvalue weighted by Gasteiger charge is 2.15. The summed E-state index contributed by atoms with van der Waals surface area (Å²) in [6.07, 6.45) is 0. The Hall–Kier alpha value is -0.0400. The van der Waals surface area contributed by atoms with Crippen LogP contribution in [0.2, 0.25) is 0 Å². The fourth-order valence-corrected chi connectivity index (χ4v) is 1.25. The molecule has 0 aliphatic carbocycles. The molecule has 0 unspecified atom stereocenters. The SMILES string of the molecule is CC(C)N[C@@H](C)[C@H](C)C(C)C. The van der Waals surface area contributed by atoms with Gasteiger partial charge in [-0.05, 0) is 18.8 Å². The highest BCUT2D eigenvalue weighted by molar-refractivity contribution is 4.72. The molecule has 0 aromatic rings. The van der Waals surface area contributed by atoms with Gasteiger partial charge in [0.1, 0.15) is 0 Å². The quantitative estimate of drug-likeness (QED) is 0.661. The molecule has 68 valence electrons. The fraction of sp³-hybridized carbons (Fsp3) is 1.00. The van der Waals surface area contributed by atoms with E-state index in [1.165, 1.54) is 0 Å². The Morgan fingerprint density at radius 2 is 1.27 bits per heavy atom. The molecule has 0 aromatic heterocycles. The van der Waals surface area contributed by atoms with Gasteiger partial charge in [-0.3, -0.25) is 0 Å². The summed E-state index contributed by atoms with van der Waals surface area (Å²) in [7, 11) is 0. The van der Waals surface area contributed by atoms with Crippen molar-refractivity contribution in [2.75, 3.05) is 0 Å². The second-order valence-corrected chi connectivity index (χ2v) is 4.21. The Bertz CT molecular complexity index is 97.0. The molecule has 1 nitrogen and oxygen atoms in total. The molecule has 0 spiro atoms. The number of hydrogen-bond donors (Lipinski definition) is 1. The van der Waals surface area contributed by atoms with Gasteiger partial charge in [-0.15, -0.1) is 0 Å². The second-order valence-electron chi connectivity index (χ2n) is 4.21. The first-order chi connectivity index (χ1) is 4.95. The average Bonchev–Trinajstić information content (AvgIpc) is 1.84. The zero-order valence-electron chi connectivity index (χ0n) is 8.81. The molecule has 0 aliphatic heterocycles. The van der Waals surface area contributed by atoms with Gasteiger partial charge >= 0.3 is 0 Å². The zero-order valence-corrected chi connectivity index (χ0v) is 8.81. The molecule has 1 N–H and O–H groups in total. The summed E-state index contributed by atoms with van der Waals surface area (Å²) >= 11 is 0. The first-order valence-corrected chi connectivity index (χ1v) is 4.71. The molecule has 0 saturated heterocycles. The predicted octanol–water partition coefficient (Wildman–Crippen LogP) is 2.67. The third-order valence-corrected chi connectivity index (χ3v) is 2.44. The van der Waals surface area contributed by atoms with Gasteiger partial charge in [0.25, 0.3) is 0 Å². The van der Waals surface area contributed by atoms with E-state index in [0.717, 1.165) is 11.8 Å². The van der Waals surface area contributed by atoms with Crippen LogP contribution < -0.4 is 5.32 Å². The van der Waals surface area contributed by atoms with Crippen LogP contribution in [0.1, 0.15) is 41.5 Å². The van der Waals surface area contributed by atoms with Crippen LogP contribution in [-0.4, -0.2) is 12.1 Å². The smallest absolute Gasteiger partial charge is 0.00691 e. The van der Waals surface area contributed by atoms with Crippen molar-refractivity contribution in [3.8, 4) is 0 Å². The fourth-order valence-electron chi connectivity index (χ4n) is 1.25. The molecule has 0 saturated carbocycles. The summed E-state index contributed by atoms with van der Waals surface area (Å²) in [6, 6.07) is 1.24. The van der Waals surface area contributed by atoms with Crippen LogP contribution in [0, 0.1) is 11.8 Å². The van der Waals surface area contributed by atoms with Gasteiger partial charge in [-0.25, -0.2) is 0 Å². The van der Waals surface area contributed by atoms with E-state index in [0.29, 0.717) is 12.1 Å². The Morgan fingerprint density at radius 3 is 1.55 bits per heavy atom. The summed E-state index contributed by atoms with van der Waals surface area (Å²) < 4.78 is 0. The van der Waals surface area contributed by atoms with E-state index < -0.39 is 0 Å². The van der Waals surface area contributed by atoms with E-state index in [1.54, 1.807) is 0 Å². The van der Waals surface area contributed by atoms with Crippen LogP contribution in [0.4, 0.5) is 0 Å². The van der Waals surface area contributed by atoms with E-state index in [-0.39, 0.29) is 0 Å². The van der Waals surface area contributed by atoms with E-state index in [2.05, 4.69) is 46.9 Å². The molecule has 0 fully saturated rings. The minimum atomic E-state index is 0.603. The van der Waals surface area contributed by atoms with E-state index in [1.807, 2.05) is 0 Å². The minimum absolute atomic E-state index is 0.603. The van der Waals surface area contributed by atoms with Crippen LogP contribution in [0.5, 0.6) is 0 Å². The maximum absolute atomic E-state index is 3.52. The van der Waals surface area contributed by atoms with Crippen LogP contribution >= 0.6 is 0 Å². The molecule has 0 amide bonds. The second kappa shape index (κ2) is 4.76. The van der Waals surface area contributed by atoms with Crippen molar-refractivity contribution < 1.29 is 0 Å². The minimum Gasteiger partial charge on any atom is -0.312 e. The van der Waals surface area contributed by atoms with Crippen molar-refractivity contribution in [2.45, 2.75) is 53.6 Å². The normalized spacial score (nSPS) is 17.5. The highest BCUT2D eigenvalue weighted by Crippen LogP contribution is 2.14. The monoisotopic (exact) mass is 157 g/mol. The predicted molar refractivity (Wildman–Crippen MR) is 51.7 cm³/mol. The molecule has 0 aromatic carbocycles. The first kappa shape index (κ1) is 11.0. The summed E-state index contributed by atoms with van der Waals surface area (Å²) in [6.45, 7) is 13.5. The summed E-state index contributed by atoms with van der Waals surface area (Å²) in [4.78, 5) is 0. The Kier molecular flexibility index (Phi) is 4.74. The number of nitrogens with one attached hydrogen (secondary N) is 1. The van der Waals surface area contributed by atoms with Crippen LogP contribution in [0.3, 0.4) is 0 Å². The van der Waals surface area contributed by atoms with Crippen LogP contribution in [0.15, 0.2) is 0 Å². The van der Waals surface area contributed by atoms with Crippen molar-refractivity contribution >= 4 is 0 Å². The van der Waals surface area contributed by atoms with Gasteiger partial charge < -0.3 is 5.32 Å². The van der Waals surface area contributed by atoms with Crippen molar-refractivity contribution in [1.29, 1.82) is 0 Å². The van der Waals surface area contributed by atoms with E-state index in [9.17, 15) is 0 Å². The van der Waals surface area contributed by atoms with Gasteiger partial charge in [0.2, 0.25) is 0 Å². The zero-order chi connectivity index (χ0) is 9.02. The molecular formula is C10H23N. The molecule has 0 aliphatic rings. The number of hydrogen-bond acceptors (Lipinski definition) is 1. The largest absolute Gasteiger partial charge is 0.312 e. The Morgan fingerprint density at radius 1 is 0.818 bits per heavy atom. The van der Waals surface area contributed by atoms with Gasteiger partial charge in [0, 0.05) is 12.1 Å². The van der Waals surface area contributed by atoms with Crippen LogP contribution in [-0.2, 0) is 0 Å². The van der Waals surface area contributed by atoms with Crippen LogP contribution in [0.25, 0.3) is 0 Å². The van der Waals surface area contributed by atoms with Crippen molar-refractivity contribution in [3.63, 3.8) is 0 Å². The van der Waals surface area contributed by atoms with Gasteiger partial charge in [0.05, 0.1) is 0 Å². The number of rotatable bonds is 4. The Balaban J connectivity index is 3.73. The standard InChI is InChI=1S/C10H23N/c1-7(2)9(5)10(6)11-8(3)4/h7-11H,1-6H3/t9-,10+/m1/s1. The lowest BCUT2D eigenvalue weighted by molar-refractivity contribution is 0.301. The molecule has 0 bridgehead atoms.